The van der Waals surface area contributed by atoms with Gasteiger partial charge in [0, 0.05) is 6.08 Å². The highest BCUT2D eigenvalue weighted by atomic mass is 16.6. The molecule has 1 heterocycles. The van der Waals surface area contributed by atoms with E-state index in [4.69, 9.17) is 14.6 Å². The molecule has 0 aliphatic carbocycles. The lowest BCUT2D eigenvalue weighted by atomic mass is 10.2. The van der Waals surface area contributed by atoms with Crippen molar-refractivity contribution in [2.45, 2.75) is 65.0 Å². The molecule has 0 unspecified atom stereocenters. The second kappa shape index (κ2) is 7.21. The van der Waals surface area contributed by atoms with Gasteiger partial charge in [-0.05, 0) is 41.5 Å². The van der Waals surface area contributed by atoms with E-state index in [1.54, 1.807) is 34.6 Å². The van der Waals surface area contributed by atoms with Gasteiger partial charge in [0.1, 0.15) is 17.4 Å². The Morgan fingerprint density at radius 1 is 1.38 bits per heavy atom. The van der Waals surface area contributed by atoms with E-state index in [9.17, 15) is 14.4 Å². The van der Waals surface area contributed by atoms with Crippen LogP contribution in [0.4, 0.5) is 4.79 Å². The molecule has 0 saturated carbocycles. The molecule has 0 spiro atoms. The summed E-state index contributed by atoms with van der Waals surface area (Å²) in [5, 5.41) is 11.1. The van der Waals surface area contributed by atoms with Crippen molar-refractivity contribution in [3.8, 4) is 0 Å². The molecule has 0 bridgehead atoms. The second-order valence-corrected chi connectivity index (χ2v) is 7.10. The third kappa shape index (κ3) is 5.52. The summed E-state index contributed by atoms with van der Waals surface area (Å²) in [7, 11) is 0. The zero-order valence-electron chi connectivity index (χ0n) is 15.0. The van der Waals surface area contributed by atoms with Crippen LogP contribution >= 0.6 is 0 Å². The zero-order chi connectivity index (χ0) is 18.7. The predicted octanol–water partition coefficient (Wildman–Crippen LogP) is 1.50. The summed E-state index contributed by atoms with van der Waals surface area (Å²) >= 11 is 0. The zero-order valence-corrected chi connectivity index (χ0v) is 15.0. The fourth-order valence-corrected chi connectivity index (χ4v) is 2.16. The Bertz CT molecular complexity index is 535. The predicted molar refractivity (Wildman–Crippen MR) is 86.3 cm³/mol. The highest BCUT2D eigenvalue weighted by molar-refractivity contribution is 5.91. The number of carbonyl (C=O) groups is 3. The molecule has 2 N–H and O–H groups in total. The first kappa shape index (κ1) is 20.0. The third-order valence-corrected chi connectivity index (χ3v) is 3.31. The van der Waals surface area contributed by atoms with E-state index in [2.05, 4.69) is 5.32 Å². The first-order valence-corrected chi connectivity index (χ1v) is 7.71. The molecule has 1 aliphatic rings. The topological polar surface area (TPSA) is 105 Å². The van der Waals surface area contributed by atoms with Crippen molar-refractivity contribution in [3.63, 3.8) is 0 Å². The van der Waals surface area contributed by atoms with Crippen molar-refractivity contribution < 1.29 is 29.0 Å². The van der Waals surface area contributed by atoms with Crippen molar-refractivity contribution in [2.75, 3.05) is 6.61 Å². The summed E-state index contributed by atoms with van der Waals surface area (Å²) < 4.78 is 11.0. The molecule has 8 nitrogen and oxygen atoms in total. The van der Waals surface area contributed by atoms with Gasteiger partial charge >= 0.3 is 12.1 Å². The summed E-state index contributed by atoms with van der Waals surface area (Å²) in [5.41, 5.74) is -1.53. The van der Waals surface area contributed by atoms with Gasteiger partial charge in [-0.1, -0.05) is 6.08 Å². The van der Waals surface area contributed by atoms with Crippen LogP contribution in [0.15, 0.2) is 12.2 Å². The monoisotopic (exact) mass is 342 g/mol. The first-order chi connectivity index (χ1) is 10.8. The first-order valence-electron chi connectivity index (χ1n) is 7.71. The molecule has 136 valence electrons. The summed E-state index contributed by atoms with van der Waals surface area (Å²) in [6.45, 7) is 10.3. The Morgan fingerprint density at radius 2 is 1.96 bits per heavy atom. The van der Waals surface area contributed by atoms with E-state index < -0.39 is 41.4 Å². The summed E-state index contributed by atoms with van der Waals surface area (Å²) in [4.78, 5) is 36.3. The molecule has 1 rings (SSSR count). The maximum Gasteiger partial charge on any atom is 0.413 e. The van der Waals surface area contributed by atoms with Gasteiger partial charge in [-0.3, -0.25) is 14.5 Å². The number of rotatable bonds is 4. The highest BCUT2D eigenvalue weighted by Crippen LogP contribution is 2.29. The summed E-state index contributed by atoms with van der Waals surface area (Å²) in [6.07, 6.45) is 2.16. The number of nitrogens with zero attached hydrogens (tertiary/aromatic N) is 1. The number of nitrogens with one attached hydrogen (secondary N) is 1. The average molecular weight is 342 g/mol. The lowest BCUT2D eigenvalue weighted by Gasteiger charge is -2.34. The van der Waals surface area contributed by atoms with E-state index in [1.807, 2.05) is 0 Å². The maximum absolute atomic E-state index is 12.4. The summed E-state index contributed by atoms with van der Waals surface area (Å²) in [5.74, 6) is -1.68. The largest absolute Gasteiger partial charge is 0.480 e. The van der Waals surface area contributed by atoms with E-state index in [1.165, 1.54) is 24.0 Å². The minimum absolute atomic E-state index is 0.213. The van der Waals surface area contributed by atoms with Gasteiger partial charge in [-0.25, -0.2) is 4.79 Å². The SMILES string of the molecule is C[C@H](NC(=O)C=C[C@H]1COC(C)(C)N1C(=O)OC(C)(C)C)C(=O)O. The van der Waals surface area contributed by atoms with Crippen molar-refractivity contribution in [2.24, 2.45) is 0 Å². The van der Waals surface area contributed by atoms with Crippen LogP contribution in [0.1, 0.15) is 41.5 Å². The Labute approximate surface area is 141 Å². The van der Waals surface area contributed by atoms with Crippen LogP contribution in [0.25, 0.3) is 0 Å². The molecular weight excluding hydrogens is 316 g/mol. The van der Waals surface area contributed by atoms with Crippen LogP contribution in [0.3, 0.4) is 0 Å². The van der Waals surface area contributed by atoms with Gasteiger partial charge in [0.15, 0.2) is 0 Å². The Hall–Kier alpha value is -2.09. The molecule has 0 aromatic rings. The fourth-order valence-electron chi connectivity index (χ4n) is 2.16. The number of ether oxygens (including phenoxy) is 2. The molecule has 1 fully saturated rings. The number of carbonyl (C=O) groups excluding carboxylic acids is 2. The lowest BCUT2D eigenvalue weighted by molar-refractivity contribution is -0.140. The molecular formula is C16H26N2O6. The van der Waals surface area contributed by atoms with Gasteiger partial charge in [0.2, 0.25) is 5.91 Å². The van der Waals surface area contributed by atoms with E-state index in [0.29, 0.717) is 0 Å². The number of carboxylic acid groups (broad SMARTS) is 1. The Morgan fingerprint density at radius 3 is 2.46 bits per heavy atom. The van der Waals surface area contributed by atoms with Gasteiger partial charge in [-0.15, -0.1) is 0 Å². The number of carboxylic acids is 1. The van der Waals surface area contributed by atoms with Crippen LogP contribution in [0.2, 0.25) is 0 Å². The smallest absolute Gasteiger partial charge is 0.413 e. The van der Waals surface area contributed by atoms with Crippen LogP contribution in [-0.2, 0) is 19.1 Å². The Kier molecular flexibility index (Phi) is 5.99. The molecule has 8 heteroatoms. The van der Waals surface area contributed by atoms with Crippen LogP contribution < -0.4 is 5.32 Å². The van der Waals surface area contributed by atoms with Gasteiger partial charge in [0.05, 0.1) is 12.6 Å². The van der Waals surface area contributed by atoms with Gasteiger partial charge < -0.3 is 19.9 Å². The van der Waals surface area contributed by atoms with E-state index >= 15 is 0 Å². The second-order valence-electron chi connectivity index (χ2n) is 7.10. The maximum atomic E-state index is 12.4. The number of hydrogen-bond donors (Lipinski definition) is 2. The molecule has 1 aliphatic heterocycles. The minimum Gasteiger partial charge on any atom is -0.480 e. The quantitative estimate of drug-likeness (QED) is 0.750. The Balaban J connectivity index is 2.82. The fraction of sp³-hybridized carbons (Fsp3) is 0.688. The minimum atomic E-state index is -1.13. The number of hydrogen-bond acceptors (Lipinski definition) is 5. The third-order valence-electron chi connectivity index (χ3n) is 3.31. The molecule has 0 radical (unpaired) electrons. The van der Waals surface area contributed by atoms with E-state index in [-0.39, 0.29) is 6.61 Å². The van der Waals surface area contributed by atoms with Crippen molar-refractivity contribution in [1.82, 2.24) is 10.2 Å². The van der Waals surface area contributed by atoms with Crippen LogP contribution in [-0.4, -0.2) is 58.0 Å². The lowest BCUT2D eigenvalue weighted by Crippen LogP contribution is -2.49. The van der Waals surface area contributed by atoms with Crippen LogP contribution in [0.5, 0.6) is 0 Å². The molecule has 0 aromatic heterocycles. The molecule has 24 heavy (non-hydrogen) atoms. The molecule has 1 saturated heterocycles. The standard InChI is InChI=1S/C16H26N2O6/c1-10(13(20)21)17-12(19)8-7-11-9-23-16(5,6)18(11)14(22)24-15(2,3)4/h7-8,10-11H,9H2,1-6H3,(H,17,19)(H,20,21)/t10-,11-/m0/s1. The van der Waals surface area contributed by atoms with Crippen molar-refractivity contribution in [1.29, 1.82) is 0 Å². The van der Waals surface area contributed by atoms with E-state index in [0.717, 1.165) is 0 Å². The highest BCUT2D eigenvalue weighted by Gasteiger charge is 2.44. The number of amides is 2. The molecule has 0 aromatic carbocycles. The molecule has 2 amide bonds. The van der Waals surface area contributed by atoms with Crippen molar-refractivity contribution >= 4 is 18.0 Å². The number of aliphatic carboxylic acids is 1. The van der Waals surface area contributed by atoms with Gasteiger partial charge in [-0.2, -0.15) is 0 Å². The van der Waals surface area contributed by atoms with Crippen molar-refractivity contribution in [3.05, 3.63) is 12.2 Å². The normalized spacial score (nSPS) is 21.6. The molecule has 2 atom stereocenters. The van der Waals surface area contributed by atoms with Gasteiger partial charge in [0.25, 0.3) is 0 Å². The summed E-state index contributed by atoms with van der Waals surface area (Å²) in [6, 6.07) is -1.49. The average Bonchev–Trinajstić information content (AvgIpc) is 2.69. The van der Waals surface area contributed by atoms with Crippen LogP contribution in [0, 0.1) is 0 Å².